The number of nitrogen functional groups attached to an aromatic ring is 1. The highest BCUT2D eigenvalue weighted by molar-refractivity contribution is 5.78. The Morgan fingerprint density at radius 2 is 1.92 bits per heavy atom. The molecule has 1 aliphatic rings. The summed E-state index contributed by atoms with van der Waals surface area (Å²) in [7, 11) is 3.83. The minimum Gasteiger partial charge on any atom is -0.459 e. The Kier molecular flexibility index (Phi) is 8.42. The van der Waals surface area contributed by atoms with E-state index in [0.29, 0.717) is 37.5 Å². The SMILES string of the molecule is CCCC(CC)Oc1nc(N)c2ncc(Cc3cnc(N4CCN(C(=O)CN(C)C)CC4)c(C)c3)n2n1. The van der Waals surface area contributed by atoms with Gasteiger partial charge < -0.3 is 25.2 Å². The lowest BCUT2D eigenvalue weighted by Gasteiger charge is -2.36. The lowest BCUT2D eigenvalue weighted by molar-refractivity contribution is -0.132. The Labute approximate surface area is 218 Å². The fourth-order valence-corrected chi connectivity index (χ4v) is 4.72. The van der Waals surface area contributed by atoms with Crippen LogP contribution in [0.15, 0.2) is 18.5 Å². The van der Waals surface area contributed by atoms with E-state index in [1.54, 1.807) is 10.7 Å². The lowest BCUT2D eigenvalue weighted by atomic mass is 10.1. The maximum atomic E-state index is 12.4. The maximum absolute atomic E-state index is 12.4. The number of ether oxygens (including phenoxy) is 1. The van der Waals surface area contributed by atoms with Crippen molar-refractivity contribution in [3.8, 4) is 6.01 Å². The standard InChI is InChI=1S/C26H39N9O2/c1-6-8-21(7-2)37-26-30-23(27)25-29-16-20(35(25)31-26)14-19-13-18(3)24(28-15-19)34-11-9-33(10-12-34)22(36)17-32(4)5/h13,15-16,21H,6-12,14,17H2,1-5H3,(H2,27,30,31). The number of hydrogen-bond donors (Lipinski definition) is 1. The normalized spacial score (nSPS) is 15.0. The third kappa shape index (κ3) is 6.27. The first kappa shape index (κ1) is 26.6. The number of fused-ring (bicyclic) bond motifs is 1. The number of carbonyl (C=O) groups is 1. The Balaban J connectivity index is 1.46. The molecule has 1 saturated heterocycles. The van der Waals surface area contributed by atoms with Gasteiger partial charge in [-0.05, 0) is 45.0 Å². The molecule has 0 saturated carbocycles. The molecule has 11 heteroatoms. The molecule has 1 unspecified atom stereocenters. The molecule has 2 N–H and O–H groups in total. The van der Waals surface area contributed by atoms with E-state index in [9.17, 15) is 4.79 Å². The zero-order valence-electron chi connectivity index (χ0n) is 22.6. The molecule has 4 rings (SSSR count). The number of imidazole rings is 1. The topological polar surface area (TPSA) is 118 Å². The number of likely N-dealkylation sites (N-methyl/N-ethyl adjacent to an activating group) is 1. The lowest BCUT2D eigenvalue weighted by Crippen LogP contribution is -2.51. The second-order valence-corrected chi connectivity index (χ2v) is 9.97. The van der Waals surface area contributed by atoms with Crippen LogP contribution in [0, 0.1) is 6.92 Å². The highest BCUT2D eigenvalue weighted by Crippen LogP contribution is 2.23. The molecule has 1 amide bonds. The second kappa shape index (κ2) is 11.7. The van der Waals surface area contributed by atoms with E-state index in [-0.39, 0.29) is 18.0 Å². The summed E-state index contributed by atoms with van der Waals surface area (Å²) < 4.78 is 7.74. The van der Waals surface area contributed by atoms with Crippen LogP contribution in [-0.4, -0.2) is 93.2 Å². The van der Waals surface area contributed by atoms with Crippen molar-refractivity contribution in [1.82, 2.24) is 34.4 Å². The molecule has 1 atom stereocenters. The summed E-state index contributed by atoms with van der Waals surface area (Å²) in [5.41, 5.74) is 9.74. The quantitative estimate of drug-likeness (QED) is 0.439. The summed E-state index contributed by atoms with van der Waals surface area (Å²) in [5, 5.41) is 4.59. The van der Waals surface area contributed by atoms with Crippen LogP contribution in [0.3, 0.4) is 0 Å². The van der Waals surface area contributed by atoms with E-state index in [1.165, 1.54) is 0 Å². The highest BCUT2D eigenvalue weighted by atomic mass is 16.5. The average Bonchev–Trinajstić information content (AvgIpc) is 3.26. The van der Waals surface area contributed by atoms with E-state index >= 15 is 0 Å². The third-order valence-corrected chi connectivity index (χ3v) is 6.65. The molecule has 0 bridgehead atoms. The molecule has 1 aliphatic heterocycles. The summed E-state index contributed by atoms with van der Waals surface area (Å²) in [6, 6.07) is 2.43. The summed E-state index contributed by atoms with van der Waals surface area (Å²) in [4.78, 5) is 32.0. The van der Waals surface area contributed by atoms with Gasteiger partial charge in [-0.15, -0.1) is 5.10 Å². The predicted octanol–water partition coefficient (Wildman–Crippen LogP) is 2.17. The summed E-state index contributed by atoms with van der Waals surface area (Å²) in [6.45, 7) is 9.71. The molecule has 11 nitrogen and oxygen atoms in total. The molecule has 0 radical (unpaired) electrons. The fourth-order valence-electron chi connectivity index (χ4n) is 4.72. The molecule has 1 fully saturated rings. The van der Waals surface area contributed by atoms with Crippen molar-refractivity contribution in [2.45, 2.75) is 52.6 Å². The van der Waals surface area contributed by atoms with E-state index in [4.69, 9.17) is 15.5 Å². The molecule has 0 aromatic carbocycles. The van der Waals surface area contributed by atoms with Gasteiger partial charge >= 0.3 is 6.01 Å². The van der Waals surface area contributed by atoms with Crippen molar-refractivity contribution < 1.29 is 9.53 Å². The van der Waals surface area contributed by atoms with Gasteiger partial charge in [0.25, 0.3) is 0 Å². The molecule has 200 valence electrons. The van der Waals surface area contributed by atoms with Crippen LogP contribution in [0.2, 0.25) is 0 Å². The summed E-state index contributed by atoms with van der Waals surface area (Å²) in [5.74, 6) is 1.44. The molecule has 0 spiro atoms. The Morgan fingerprint density at radius 1 is 1.16 bits per heavy atom. The van der Waals surface area contributed by atoms with Crippen molar-refractivity contribution >= 4 is 23.2 Å². The zero-order chi connectivity index (χ0) is 26.5. The van der Waals surface area contributed by atoms with Crippen molar-refractivity contribution in [2.24, 2.45) is 0 Å². The van der Waals surface area contributed by atoms with E-state index in [1.807, 2.05) is 30.1 Å². The number of aryl methyl sites for hydroxylation is 1. The van der Waals surface area contributed by atoms with Crippen LogP contribution in [-0.2, 0) is 11.2 Å². The number of carbonyl (C=O) groups excluding carboxylic acids is 1. The van der Waals surface area contributed by atoms with Crippen LogP contribution in [0.4, 0.5) is 11.6 Å². The van der Waals surface area contributed by atoms with Crippen LogP contribution in [0.1, 0.15) is 49.9 Å². The van der Waals surface area contributed by atoms with Crippen molar-refractivity contribution in [3.05, 3.63) is 35.3 Å². The molecule has 37 heavy (non-hydrogen) atoms. The van der Waals surface area contributed by atoms with Gasteiger partial charge in [0.15, 0.2) is 11.5 Å². The molecular weight excluding hydrogens is 470 g/mol. The van der Waals surface area contributed by atoms with Crippen LogP contribution >= 0.6 is 0 Å². The van der Waals surface area contributed by atoms with Gasteiger partial charge in [-0.2, -0.15) is 4.98 Å². The average molecular weight is 510 g/mol. The van der Waals surface area contributed by atoms with Gasteiger partial charge in [0.05, 0.1) is 18.4 Å². The number of piperazine rings is 1. The second-order valence-electron chi connectivity index (χ2n) is 9.97. The highest BCUT2D eigenvalue weighted by Gasteiger charge is 2.23. The van der Waals surface area contributed by atoms with Gasteiger partial charge in [0.1, 0.15) is 11.9 Å². The Bertz CT molecular complexity index is 1220. The molecule has 0 aliphatic carbocycles. The molecule has 4 heterocycles. The smallest absolute Gasteiger partial charge is 0.336 e. The number of rotatable bonds is 10. The van der Waals surface area contributed by atoms with Crippen molar-refractivity contribution in [3.63, 3.8) is 0 Å². The number of nitrogens with two attached hydrogens (primary N) is 1. The number of nitrogens with zero attached hydrogens (tertiary/aromatic N) is 8. The zero-order valence-corrected chi connectivity index (χ0v) is 22.6. The van der Waals surface area contributed by atoms with E-state index in [0.717, 1.165) is 55.0 Å². The van der Waals surface area contributed by atoms with Gasteiger partial charge in [0, 0.05) is 38.8 Å². The largest absolute Gasteiger partial charge is 0.459 e. The summed E-state index contributed by atoms with van der Waals surface area (Å²) >= 11 is 0. The Hall–Kier alpha value is -3.47. The predicted molar refractivity (Wildman–Crippen MR) is 144 cm³/mol. The first-order valence-electron chi connectivity index (χ1n) is 13.1. The number of amides is 1. The summed E-state index contributed by atoms with van der Waals surface area (Å²) in [6.07, 6.45) is 7.19. The van der Waals surface area contributed by atoms with Crippen molar-refractivity contribution in [1.29, 1.82) is 0 Å². The monoisotopic (exact) mass is 509 g/mol. The van der Waals surface area contributed by atoms with E-state index < -0.39 is 0 Å². The number of aromatic nitrogens is 5. The Morgan fingerprint density at radius 3 is 2.57 bits per heavy atom. The molecule has 3 aromatic heterocycles. The molecular formula is C26H39N9O2. The number of pyridine rings is 1. The minimum atomic E-state index is 0.0567. The number of anilines is 2. The van der Waals surface area contributed by atoms with Crippen LogP contribution in [0.5, 0.6) is 6.01 Å². The fraction of sp³-hybridized carbons (Fsp3) is 0.577. The minimum absolute atomic E-state index is 0.0567. The maximum Gasteiger partial charge on any atom is 0.336 e. The van der Waals surface area contributed by atoms with Gasteiger partial charge in [-0.25, -0.2) is 14.5 Å². The van der Waals surface area contributed by atoms with Gasteiger partial charge in [0.2, 0.25) is 5.91 Å². The first-order chi connectivity index (χ1) is 17.8. The van der Waals surface area contributed by atoms with Crippen molar-refractivity contribution in [2.75, 3.05) is 57.5 Å². The first-order valence-corrected chi connectivity index (χ1v) is 13.1. The van der Waals surface area contributed by atoms with Crippen LogP contribution in [0.25, 0.3) is 5.65 Å². The van der Waals surface area contributed by atoms with Gasteiger partial charge in [-0.3, -0.25) is 4.79 Å². The van der Waals surface area contributed by atoms with Gasteiger partial charge in [-0.1, -0.05) is 26.3 Å². The molecule has 3 aromatic rings. The van der Waals surface area contributed by atoms with E-state index in [2.05, 4.69) is 46.8 Å². The van der Waals surface area contributed by atoms with Crippen LogP contribution < -0.4 is 15.4 Å². The third-order valence-electron chi connectivity index (χ3n) is 6.65. The number of hydrogen-bond acceptors (Lipinski definition) is 9.